The van der Waals surface area contributed by atoms with E-state index in [0.717, 1.165) is 29.9 Å². The molecule has 1 fully saturated rings. The number of hydrogen-bond donors (Lipinski definition) is 0. The van der Waals surface area contributed by atoms with Gasteiger partial charge in [-0.3, -0.25) is 0 Å². The second kappa shape index (κ2) is 11.6. The zero-order chi connectivity index (χ0) is 23.0. The van der Waals surface area contributed by atoms with Crippen molar-refractivity contribution in [1.29, 1.82) is 0 Å². The Balaban J connectivity index is 1.33. The van der Waals surface area contributed by atoms with Crippen LogP contribution in [0, 0.1) is 18.7 Å². The molecule has 3 aromatic rings. The second-order valence-electron chi connectivity index (χ2n) is 10.1. The molecule has 0 saturated heterocycles. The number of aryl methyl sites for hydroxylation is 3. The predicted octanol–water partition coefficient (Wildman–Crippen LogP) is 9.44. The molecule has 0 heterocycles. The Morgan fingerprint density at radius 3 is 2.00 bits per heavy atom. The Bertz CT molecular complexity index is 992. The minimum atomic E-state index is -0.0787. The summed E-state index contributed by atoms with van der Waals surface area (Å²) in [5.41, 5.74) is 6.84. The summed E-state index contributed by atoms with van der Waals surface area (Å²) in [6.45, 7) is 4.39. The lowest BCUT2D eigenvalue weighted by Crippen LogP contribution is -2.13. The summed E-state index contributed by atoms with van der Waals surface area (Å²) in [7, 11) is 0. The molecule has 33 heavy (non-hydrogen) atoms. The van der Waals surface area contributed by atoms with Gasteiger partial charge in [0.25, 0.3) is 0 Å². The van der Waals surface area contributed by atoms with Gasteiger partial charge in [0.2, 0.25) is 0 Å². The molecule has 0 spiro atoms. The van der Waals surface area contributed by atoms with Crippen molar-refractivity contribution in [2.75, 3.05) is 0 Å². The SMILES string of the molecule is CCCCCC1CCC(c2ccc(-c3ccc(CCc4ccc(C)cc4)cc3)c(F)c2)CC1. The van der Waals surface area contributed by atoms with E-state index in [4.69, 9.17) is 0 Å². The Kier molecular flexibility index (Phi) is 8.37. The van der Waals surface area contributed by atoms with Gasteiger partial charge in [-0.25, -0.2) is 4.39 Å². The van der Waals surface area contributed by atoms with Crippen LogP contribution in [0.4, 0.5) is 4.39 Å². The molecule has 0 N–H and O–H groups in total. The van der Waals surface area contributed by atoms with Gasteiger partial charge in [0.05, 0.1) is 0 Å². The molecule has 3 aromatic carbocycles. The van der Waals surface area contributed by atoms with Crippen molar-refractivity contribution >= 4 is 0 Å². The van der Waals surface area contributed by atoms with Gasteiger partial charge in [-0.05, 0) is 85.6 Å². The molecule has 1 heteroatoms. The maximum Gasteiger partial charge on any atom is 0.131 e. The van der Waals surface area contributed by atoms with Gasteiger partial charge >= 0.3 is 0 Å². The van der Waals surface area contributed by atoms with Crippen LogP contribution < -0.4 is 0 Å². The normalized spacial score (nSPS) is 18.4. The van der Waals surface area contributed by atoms with Crippen LogP contribution >= 0.6 is 0 Å². The maximum absolute atomic E-state index is 15.1. The van der Waals surface area contributed by atoms with Gasteiger partial charge in [0.15, 0.2) is 0 Å². The van der Waals surface area contributed by atoms with Crippen LogP contribution in [0.15, 0.2) is 66.7 Å². The highest BCUT2D eigenvalue weighted by Gasteiger charge is 2.23. The highest BCUT2D eigenvalue weighted by Crippen LogP contribution is 2.39. The van der Waals surface area contributed by atoms with Gasteiger partial charge in [-0.15, -0.1) is 0 Å². The zero-order valence-corrected chi connectivity index (χ0v) is 20.5. The molecule has 0 bridgehead atoms. The van der Waals surface area contributed by atoms with Crippen LogP contribution in [0.3, 0.4) is 0 Å². The molecule has 0 aromatic heterocycles. The molecule has 1 aliphatic carbocycles. The summed E-state index contributed by atoms with van der Waals surface area (Å²) in [6.07, 6.45) is 12.5. The lowest BCUT2D eigenvalue weighted by Gasteiger charge is -2.29. The van der Waals surface area contributed by atoms with Crippen LogP contribution in [0.5, 0.6) is 0 Å². The molecule has 0 radical (unpaired) electrons. The summed E-state index contributed by atoms with van der Waals surface area (Å²) >= 11 is 0. The predicted molar refractivity (Wildman–Crippen MR) is 139 cm³/mol. The van der Waals surface area contributed by atoms with Crippen LogP contribution in [-0.2, 0) is 12.8 Å². The van der Waals surface area contributed by atoms with E-state index >= 15 is 4.39 Å². The van der Waals surface area contributed by atoms with Gasteiger partial charge in [-0.1, -0.05) is 98.8 Å². The van der Waals surface area contributed by atoms with E-state index in [2.05, 4.69) is 68.4 Å². The Labute approximate surface area is 200 Å². The van der Waals surface area contributed by atoms with Gasteiger partial charge < -0.3 is 0 Å². The molecule has 1 saturated carbocycles. The fourth-order valence-electron chi connectivity index (χ4n) is 5.38. The van der Waals surface area contributed by atoms with Gasteiger partial charge in [0, 0.05) is 5.56 Å². The second-order valence-corrected chi connectivity index (χ2v) is 10.1. The molecule has 0 unspecified atom stereocenters. The number of unbranched alkanes of at least 4 members (excludes halogenated alkanes) is 2. The Morgan fingerprint density at radius 1 is 0.758 bits per heavy atom. The highest BCUT2D eigenvalue weighted by molar-refractivity contribution is 5.65. The Morgan fingerprint density at radius 2 is 1.39 bits per heavy atom. The van der Waals surface area contributed by atoms with E-state index < -0.39 is 0 Å². The topological polar surface area (TPSA) is 0 Å². The maximum atomic E-state index is 15.1. The van der Waals surface area contributed by atoms with E-state index in [1.165, 1.54) is 73.6 Å². The first-order valence-electron chi connectivity index (χ1n) is 13.1. The molecule has 0 aliphatic heterocycles. The third kappa shape index (κ3) is 6.56. The zero-order valence-electron chi connectivity index (χ0n) is 20.5. The van der Waals surface area contributed by atoms with Crippen LogP contribution in [0.25, 0.3) is 11.1 Å². The summed E-state index contributed by atoms with van der Waals surface area (Å²) in [4.78, 5) is 0. The number of halogens is 1. The molecule has 0 nitrogen and oxygen atoms in total. The lowest BCUT2D eigenvalue weighted by atomic mass is 9.77. The number of rotatable bonds is 9. The molecule has 0 amide bonds. The summed E-state index contributed by atoms with van der Waals surface area (Å²) in [5, 5.41) is 0. The molecular weight excluding hydrogens is 403 g/mol. The van der Waals surface area contributed by atoms with Crippen LogP contribution in [0.1, 0.15) is 86.5 Å². The summed E-state index contributed by atoms with van der Waals surface area (Å²) < 4.78 is 15.1. The molecule has 174 valence electrons. The van der Waals surface area contributed by atoms with Crippen molar-refractivity contribution in [3.05, 3.63) is 94.8 Å². The fourth-order valence-corrected chi connectivity index (χ4v) is 5.38. The standard InChI is InChI=1S/C32H39F/c1-3-4-5-6-25-13-17-28(18-14-25)30-21-22-31(32(33)23-30)29-19-15-27(16-20-29)12-11-26-9-7-24(2)8-10-26/h7-10,15-16,19-23,25,28H,3-6,11-14,17-18H2,1-2H3. The van der Waals surface area contributed by atoms with Crippen LogP contribution in [0.2, 0.25) is 0 Å². The third-order valence-electron chi connectivity index (χ3n) is 7.62. The highest BCUT2D eigenvalue weighted by atomic mass is 19.1. The van der Waals surface area contributed by atoms with Crippen LogP contribution in [-0.4, -0.2) is 0 Å². The monoisotopic (exact) mass is 442 g/mol. The smallest absolute Gasteiger partial charge is 0.131 e. The van der Waals surface area contributed by atoms with Crippen molar-refractivity contribution in [2.45, 2.75) is 84.0 Å². The molecule has 1 aliphatic rings. The Hall–Kier alpha value is -2.41. The largest absolute Gasteiger partial charge is 0.206 e. The first-order valence-corrected chi connectivity index (χ1v) is 13.1. The lowest BCUT2D eigenvalue weighted by molar-refractivity contribution is 0.302. The van der Waals surface area contributed by atoms with E-state index in [0.29, 0.717) is 5.92 Å². The van der Waals surface area contributed by atoms with E-state index in [1.807, 2.05) is 12.1 Å². The average Bonchev–Trinajstić information content (AvgIpc) is 2.85. The minimum absolute atomic E-state index is 0.0787. The first kappa shape index (κ1) is 23.7. The fraction of sp³-hybridized carbons (Fsp3) is 0.438. The van der Waals surface area contributed by atoms with E-state index in [9.17, 15) is 0 Å². The summed E-state index contributed by atoms with van der Waals surface area (Å²) in [6, 6.07) is 23.2. The van der Waals surface area contributed by atoms with E-state index in [1.54, 1.807) is 0 Å². The quantitative estimate of drug-likeness (QED) is 0.289. The van der Waals surface area contributed by atoms with Crippen molar-refractivity contribution in [3.8, 4) is 11.1 Å². The third-order valence-corrected chi connectivity index (χ3v) is 7.62. The number of benzene rings is 3. The number of hydrogen-bond acceptors (Lipinski definition) is 0. The molecule has 0 atom stereocenters. The first-order chi connectivity index (χ1) is 16.1. The van der Waals surface area contributed by atoms with Crippen molar-refractivity contribution in [2.24, 2.45) is 5.92 Å². The average molecular weight is 443 g/mol. The molecular formula is C32H39F. The minimum Gasteiger partial charge on any atom is -0.206 e. The van der Waals surface area contributed by atoms with Gasteiger partial charge in [0.1, 0.15) is 5.82 Å². The van der Waals surface area contributed by atoms with Gasteiger partial charge in [-0.2, -0.15) is 0 Å². The van der Waals surface area contributed by atoms with Crippen molar-refractivity contribution < 1.29 is 4.39 Å². The summed E-state index contributed by atoms with van der Waals surface area (Å²) in [5.74, 6) is 1.34. The van der Waals surface area contributed by atoms with Crippen molar-refractivity contribution in [1.82, 2.24) is 0 Å². The van der Waals surface area contributed by atoms with Crippen molar-refractivity contribution in [3.63, 3.8) is 0 Å². The molecule has 4 rings (SSSR count). The van der Waals surface area contributed by atoms with E-state index in [-0.39, 0.29) is 5.82 Å².